The van der Waals surface area contributed by atoms with E-state index in [2.05, 4.69) is 19.9 Å². The van der Waals surface area contributed by atoms with Crippen LogP contribution in [-0.2, 0) is 12.7 Å². The Morgan fingerprint density at radius 2 is 1.78 bits per heavy atom. The van der Waals surface area contributed by atoms with Gasteiger partial charge in [0.1, 0.15) is 11.3 Å². The second-order valence-electron chi connectivity index (χ2n) is 8.74. The van der Waals surface area contributed by atoms with Gasteiger partial charge in [-0.2, -0.15) is 13.2 Å². The third-order valence-corrected chi connectivity index (χ3v) is 6.66. The number of aromatic nitrogens is 5. The fourth-order valence-electron chi connectivity index (χ4n) is 4.92. The first-order valence-electron chi connectivity index (χ1n) is 11.4. The lowest BCUT2D eigenvalue weighted by atomic mass is 9.87. The average molecular weight is 498 g/mol. The molecule has 5 heterocycles. The molecule has 5 rings (SSSR count). The van der Waals surface area contributed by atoms with Crippen LogP contribution in [0.4, 0.5) is 23.2 Å². The minimum Gasteiger partial charge on any atom is -0.370 e. The Labute approximate surface area is 203 Å². The molecule has 0 unspecified atom stereocenters. The molecule has 0 aromatic carbocycles. The largest absolute Gasteiger partial charge is 0.418 e. The molecule has 0 radical (unpaired) electrons. The van der Waals surface area contributed by atoms with Gasteiger partial charge in [-0.1, -0.05) is 0 Å². The third-order valence-electron chi connectivity index (χ3n) is 6.66. The Balaban J connectivity index is 1.51. The van der Waals surface area contributed by atoms with Crippen molar-refractivity contribution >= 4 is 16.9 Å². The van der Waals surface area contributed by atoms with Crippen molar-refractivity contribution in [3.8, 4) is 0 Å². The van der Waals surface area contributed by atoms with Crippen LogP contribution in [0.3, 0.4) is 0 Å². The Bertz CT molecular complexity index is 1480. The van der Waals surface area contributed by atoms with Crippen molar-refractivity contribution in [3.05, 3.63) is 87.7 Å². The van der Waals surface area contributed by atoms with Crippen LogP contribution in [0.2, 0.25) is 0 Å². The molecule has 0 aliphatic carbocycles. The van der Waals surface area contributed by atoms with Crippen LogP contribution < -0.4 is 10.5 Å². The highest BCUT2D eigenvalue weighted by molar-refractivity contribution is 5.75. The molecule has 1 fully saturated rings. The highest BCUT2D eigenvalue weighted by atomic mass is 19.4. The van der Waals surface area contributed by atoms with Gasteiger partial charge < -0.3 is 4.90 Å². The predicted octanol–water partition coefficient (Wildman–Crippen LogP) is 4.48. The highest BCUT2D eigenvalue weighted by Gasteiger charge is 2.36. The first kappa shape index (κ1) is 23.8. The van der Waals surface area contributed by atoms with Crippen molar-refractivity contribution < 1.29 is 17.6 Å². The summed E-state index contributed by atoms with van der Waals surface area (Å²) in [5, 5.41) is 0. The maximum Gasteiger partial charge on any atom is 0.418 e. The van der Waals surface area contributed by atoms with Gasteiger partial charge in [-0.15, -0.1) is 0 Å². The van der Waals surface area contributed by atoms with Gasteiger partial charge in [0.25, 0.3) is 5.56 Å². The van der Waals surface area contributed by atoms with Crippen LogP contribution in [0.1, 0.15) is 41.1 Å². The predicted molar refractivity (Wildman–Crippen MR) is 125 cm³/mol. The molecule has 1 aliphatic rings. The van der Waals surface area contributed by atoms with Crippen LogP contribution >= 0.6 is 0 Å². The first-order valence-corrected chi connectivity index (χ1v) is 11.4. The molecule has 0 N–H and O–H groups in total. The van der Waals surface area contributed by atoms with Gasteiger partial charge in [0.2, 0.25) is 0 Å². The van der Waals surface area contributed by atoms with Gasteiger partial charge in [0, 0.05) is 43.4 Å². The smallest absolute Gasteiger partial charge is 0.370 e. The molecule has 4 aromatic rings. The summed E-state index contributed by atoms with van der Waals surface area (Å²) < 4.78 is 56.3. The molecular weight excluding hydrogens is 476 g/mol. The summed E-state index contributed by atoms with van der Waals surface area (Å²) in [4.78, 5) is 32.1. The van der Waals surface area contributed by atoms with Crippen LogP contribution in [-0.4, -0.2) is 37.6 Å². The third kappa shape index (κ3) is 4.29. The molecule has 1 aliphatic heterocycles. The quantitative estimate of drug-likeness (QED) is 0.386. The second-order valence-corrected chi connectivity index (χ2v) is 8.74. The lowest BCUT2D eigenvalue weighted by Gasteiger charge is -2.35. The van der Waals surface area contributed by atoms with Gasteiger partial charge in [0.05, 0.1) is 29.7 Å². The first-order chi connectivity index (χ1) is 17.3. The van der Waals surface area contributed by atoms with Crippen molar-refractivity contribution in [1.82, 2.24) is 24.5 Å². The summed E-state index contributed by atoms with van der Waals surface area (Å²) in [6.07, 6.45) is 3.25. The monoisotopic (exact) mass is 498 g/mol. The molecule has 0 saturated carbocycles. The number of rotatable bonds is 4. The number of piperidine rings is 1. The van der Waals surface area contributed by atoms with E-state index in [0.29, 0.717) is 48.2 Å². The minimum atomic E-state index is -4.49. The zero-order valence-electron chi connectivity index (χ0n) is 19.3. The van der Waals surface area contributed by atoms with Gasteiger partial charge in [-0.3, -0.25) is 24.3 Å². The summed E-state index contributed by atoms with van der Waals surface area (Å²) in [6, 6.07) is 3.73. The highest BCUT2D eigenvalue weighted by Crippen LogP contribution is 2.38. The van der Waals surface area contributed by atoms with Crippen LogP contribution in [0.25, 0.3) is 11.2 Å². The maximum absolute atomic E-state index is 14.4. The van der Waals surface area contributed by atoms with Crippen molar-refractivity contribution in [2.75, 3.05) is 18.0 Å². The number of halogens is 4. The summed E-state index contributed by atoms with van der Waals surface area (Å²) in [7, 11) is 0. The van der Waals surface area contributed by atoms with Crippen molar-refractivity contribution in [3.63, 3.8) is 0 Å². The molecule has 1 saturated heterocycles. The van der Waals surface area contributed by atoms with Gasteiger partial charge in [-0.25, -0.2) is 9.37 Å². The number of aryl methyl sites for hydroxylation is 1. The molecule has 0 spiro atoms. The van der Waals surface area contributed by atoms with Crippen LogP contribution in [0, 0.1) is 12.7 Å². The van der Waals surface area contributed by atoms with Gasteiger partial charge >= 0.3 is 6.18 Å². The summed E-state index contributed by atoms with van der Waals surface area (Å²) >= 11 is 0. The Kier molecular flexibility index (Phi) is 6.15. The van der Waals surface area contributed by atoms with E-state index in [-0.39, 0.29) is 29.4 Å². The molecule has 0 amide bonds. The number of alkyl halides is 3. The molecule has 186 valence electrons. The SMILES string of the molecule is Cc1c(C2CCN(c3cnccc3C(F)(F)F)CC2)c(=O)n(Cc2ncccc2F)c2nccnc12. The summed E-state index contributed by atoms with van der Waals surface area (Å²) in [5.41, 5.74) is 1.15. The Morgan fingerprint density at radius 1 is 1.03 bits per heavy atom. The lowest BCUT2D eigenvalue weighted by Crippen LogP contribution is -2.37. The van der Waals surface area contributed by atoms with E-state index >= 15 is 0 Å². The van der Waals surface area contributed by atoms with E-state index in [1.165, 1.54) is 41.5 Å². The van der Waals surface area contributed by atoms with E-state index in [0.717, 1.165) is 12.3 Å². The number of anilines is 1. The fourth-order valence-corrected chi connectivity index (χ4v) is 4.92. The summed E-state index contributed by atoms with van der Waals surface area (Å²) in [5.74, 6) is -0.736. The topological polar surface area (TPSA) is 76.8 Å². The van der Waals surface area contributed by atoms with E-state index in [1.807, 2.05) is 0 Å². The number of hydrogen-bond acceptors (Lipinski definition) is 6. The van der Waals surface area contributed by atoms with E-state index < -0.39 is 17.6 Å². The molecule has 11 heteroatoms. The van der Waals surface area contributed by atoms with Gasteiger partial charge in [-0.05, 0) is 49.4 Å². The number of fused-ring (bicyclic) bond motifs is 1. The lowest BCUT2D eigenvalue weighted by molar-refractivity contribution is -0.137. The van der Waals surface area contributed by atoms with E-state index in [4.69, 9.17) is 0 Å². The van der Waals surface area contributed by atoms with Crippen molar-refractivity contribution in [2.24, 2.45) is 0 Å². The number of hydrogen-bond donors (Lipinski definition) is 0. The second kappa shape index (κ2) is 9.29. The van der Waals surface area contributed by atoms with Crippen LogP contribution in [0.5, 0.6) is 0 Å². The Morgan fingerprint density at radius 3 is 2.50 bits per heavy atom. The molecule has 0 atom stereocenters. The van der Waals surface area contributed by atoms with Crippen molar-refractivity contribution in [1.29, 1.82) is 0 Å². The maximum atomic E-state index is 14.4. The Hall–Kier alpha value is -3.89. The average Bonchev–Trinajstić information content (AvgIpc) is 2.87. The molecule has 0 bridgehead atoms. The normalized spacial score (nSPS) is 15.0. The fraction of sp³-hybridized carbons (Fsp3) is 0.320. The van der Waals surface area contributed by atoms with E-state index in [1.54, 1.807) is 11.8 Å². The van der Waals surface area contributed by atoms with Gasteiger partial charge in [0.15, 0.2) is 5.65 Å². The number of nitrogens with zero attached hydrogens (tertiary/aromatic N) is 6. The van der Waals surface area contributed by atoms with E-state index in [9.17, 15) is 22.4 Å². The molecule has 4 aromatic heterocycles. The summed E-state index contributed by atoms with van der Waals surface area (Å²) in [6.45, 7) is 2.34. The molecule has 36 heavy (non-hydrogen) atoms. The molecule has 7 nitrogen and oxygen atoms in total. The van der Waals surface area contributed by atoms with Crippen molar-refractivity contribution in [2.45, 2.75) is 38.4 Å². The molecular formula is C25H22F4N6O. The van der Waals surface area contributed by atoms with Crippen LogP contribution in [0.15, 0.2) is 54.0 Å². The minimum absolute atomic E-state index is 0.0348. The number of pyridine rings is 3. The zero-order valence-corrected chi connectivity index (χ0v) is 19.3. The zero-order chi connectivity index (χ0) is 25.4. The standard InChI is InChI=1S/C25H22F4N6O/c1-15-21(16-5-11-34(12-6-16)20-13-30-8-4-17(20)25(27,28)29)24(36)35(23-22(15)32-9-10-33-23)14-19-18(26)3-2-7-31-19/h2-4,7-10,13,16H,5-6,11-12,14H2,1H3.